The lowest BCUT2D eigenvalue weighted by Crippen LogP contribution is -2.12. The van der Waals surface area contributed by atoms with Crippen LogP contribution in [0.25, 0.3) is 6.08 Å². The average Bonchev–Trinajstić information content (AvgIpc) is 2.85. The summed E-state index contributed by atoms with van der Waals surface area (Å²) >= 11 is 0. The molecule has 0 aromatic heterocycles. The Labute approximate surface area is 196 Å². The SMILES string of the molecule is COc1ccc(C=CC2=NCCc3cc(OCc4ccccc4)c(OC)cc32)c(C(F)(F)F)c1. The van der Waals surface area contributed by atoms with Crippen molar-refractivity contribution in [2.45, 2.75) is 19.2 Å². The van der Waals surface area contributed by atoms with E-state index >= 15 is 0 Å². The van der Waals surface area contributed by atoms with Crippen molar-refractivity contribution in [1.29, 1.82) is 0 Å². The van der Waals surface area contributed by atoms with Gasteiger partial charge in [0.15, 0.2) is 11.5 Å². The van der Waals surface area contributed by atoms with Crippen molar-refractivity contribution in [3.05, 3.63) is 94.6 Å². The molecule has 1 aliphatic rings. The van der Waals surface area contributed by atoms with E-state index in [4.69, 9.17) is 14.2 Å². The number of rotatable bonds is 7. The van der Waals surface area contributed by atoms with Gasteiger partial charge in [0.25, 0.3) is 0 Å². The number of halogens is 3. The number of hydrogen-bond donors (Lipinski definition) is 0. The predicted octanol–water partition coefficient (Wildman–Crippen LogP) is 6.36. The third-order valence-corrected chi connectivity index (χ3v) is 5.55. The van der Waals surface area contributed by atoms with Crippen LogP contribution >= 0.6 is 0 Å². The number of benzene rings is 3. The Kier molecular flexibility index (Phi) is 6.91. The van der Waals surface area contributed by atoms with Crippen molar-refractivity contribution >= 4 is 11.8 Å². The summed E-state index contributed by atoms with van der Waals surface area (Å²) in [7, 11) is 2.89. The van der Waals surface area contributed by atoms with Crippen LogP contribution in [0, 0.1) is 0 Å². The maximum atomic E-state index is 13.6. The fourth-order valence-electron chi connectivity index (χ4n) is 3.80. The van der Waals surface area contributed by atoms with E-state index in [0.717, 1.165) is 22.8 Å². The maximum absolute atomic E-state index is 13.6. The van der Waals surface area contributed by atoms with Gasteiger partial charge in [0.05, 0.1) is 25.5 Å². The molecule has 4 rings (SSSR count). The molecule has 0 spiro atoms. The topological polar surface area (TPSA) is 40.0 Å². The first-order chi connectivity index (χ1) is 16.4. The number of methoxy groups -OCH3 is 2. The van der Waals surface area contributed by atoms with Gasteiger partial charge in [0.1, 0.15) is 12.4 Å². The van der Waals surface area contributed by atoms with Gasteiger partial charge in [0.2, 0.25) is 0 Å². The molecule has 1 aliphatic heterocycles. The molecule has 0 amide bonds. The number of nitrogens with zero attached hydrogens (tertiary/aromatic N) is 1. The van der Waals surface area contributed by atoms with Crippen molar-refractivity contribution in [2.24, 2.45) is 4.99 Å². The third kappa shape index (κ3) is 5.25. The molecule has 176 valence electrons. The first kappa shape index (κ1) is 23.4. The van der Waals surface area contributed by atoms with Gasteiger partial charge >= 0.3 is 6.18 Å². The molecule has 34 heavy (non-hydrogen) atoms. The van der Waals surface area contributed by atoms with Crippen molar-refractivity contribution in [1.82, 2.24) is 0 Å². The molecule has 4 nitrogen and oxygen atoms in total. The Morgan fingerprint density at radius 1 is 0.912 bits per heavy atom. The number of ether oxygens (including phenoxy) is 3. The van der Waals surface area contributed by atoms with Crippen molar-refractivity contribution in [3.8, 4) is 17.2 Å². The lowest BCUT2D eigenvalue weighted by Gasteiger charge is -2.19. The Bertz CT molecular complexity index is 1220. The van der Waals surface area contributed by atoms with Gasteiger partial charge in [-0.05, 0) is 53.5 Å². The molecule has 0 atom stereocenters. The van der Waals surface area contributed by atoms with Crippen molar-refractivity contribution in [2.75, 3.05) is 20.8 Å². The zero-order chi connectivity index (χ0) is 24.1. The van der Waals surface area contributed by atoms with E-state index in [1.165, 1.54) is 25.3 Å². The van der Waals surface area contributed by atoms with E-state index in [2.05, 4.69) is 4.99 Å². The van der Waals surface area contributed by atoms with Crippen LogP contribution in [0.1, 0.15) is 27.8 Å². The molecule has 0 bridgehead atoms. The van der Waals surface area contributed by atoms with Crippen molar-refractivity contribution in [3.63, 3.8) is 0 Å². The summed E-state index contributed by atoms with van der Waals surface area (Å²) in [6, 6.07) is 17.5. The van der Waals surface area contributed by atoms with Gasteiger partial charge in [-0.2, -0.15) is 13.2 Å². The molecule has 0 unspecified atom stereocenters. The molecule has 0 fully saturated rings. The fraction of sp³-hybridized carbons (Fsp3) is 0.222. The van der Waals surface area contributed by atoms with E-state index in [0.29, 0.717) is 36.8 Å². The number of hydrogen-bond acceptors (Lipinski definition) is 4. The van der Waals surface area contributed by atoms with Gasteiger partial charge in [-0.15, -0.1) is 0 Å². The second-order valence-corrected chi connectivity index (χ2v) is 7.74. The number of aliphatic imine (C=N–C) groups is 1. The molecular formula is C27H24F3NO3. The summed E-state index contributed by atoms with van der Waals surface area (Å²) in [5, 5.41) is 0. The van der Waals surface area contributed by atoms with E-state index in [1.807, 2.05) is 42.5 Å². The monoisotopic (exact) mass is 467 g/mol. The van der Waals surface area contributed by atoms with Gasteiger partial charge in [-0.3, -0.25) is 4.99 Å². The van der Waals surface area contributed by atoms with Gasteiger partial charge in [0, 0.05) is 12.1 Å². The standard InChI is InChI=1S/C27H24F3NO3/c1-32-21-10-8-19(23(15-21)27(28,29)30)9-11-24-22-16-25(33-2)26(14-20(22)12-13-31-24)34-17-18-6-4-3-5-7-18/h3-11,14-16H,12-13,17H2,1-2H3. The highest BCUT2D eigenvalue weighted by molar-refractivity contribution is 6.12. The summed E-state index contributed by atoms with van der Waals surface area (Å²) in [4.78, 5) is 4.54. The number of fused-ring (bicyclic) bond motifs is 1. The molecule has 0 saturated heterocycles. The predicted molar refractivity (Wildman–Crippen MR) is 126 cm³/mol. The van der Waals surface area contributed by atoms with E-state index < -0.39 is 11.7 Å². The van der Waals surface area contributed by atoms with Crippen LogP contribution in [-0.4, -0.2) is 26.5 Å². The smallest absolute Gasteiger partial charge is 0.417 e. The first-order valence-electron chi connectivity index (χ1n) is 10.7. The van der Waals surface area contributed by atoms with Gasteiger partial charge in [-0.1, -0.05) is 42.5 Å². The van der Waals surface area contributed by atoms with Crippen LogP contribution in [0.15, 0.2) is 71.7 Å². The highest BCUT2D eigenvalue weighted by Gasteiger charge is 2.33. The molecule has 7 heteroatoms. The normalized spacial score (nSPS) is 13.4. The Balaban J connectivity index is 1.62. The Morgan fingerprint density at radius 3 is 2.41 bits per heavy atom. The van der Waals surface area contributed by atoms with Crippen LogP contribution in [0.4, 0.5) is 13.2 Å². The molecular weight excluding hydrogens is 443 g/mol. The van der Waals surface area contributed by atoms with Gasteiger partial charge in [-0.25, -0.2) is 0 Å². The fourth-order valence-corrected chi connectivity index (χ4v) is 3.80. The van der Waals surface area contributed by atoms with Crippen LogP contribution in [0.3, 0.4) is 0 Å². The third-order valence-electron chi connectivity index (χ3n) is 5.55. The minimum absolute atomic E-state index is 0.0397. The zero-order valence-electron chi connectivity index (χ0n) is 18.9. The lowest BCUT2D eigenvalue weighted by atomic mass is 9.95. The maximum Gasteiger partial charge on any atom is 0.417 e. The summed E-state index contributed by atoms with van der Waals surface area (Å²) in [5.74, 6) is 1.31. The number of allylic oxidation sites excluding steroid dienone is 1. The number of alkyl halides is 3. The minimum atomic E-state index is -4.51. The van der Waals surface area contributed by atoms with E-state index in [1.54, 1.807) is 13.2 Å². The van der Waals surface area contributed by atoms with E-state index in [9.17, 15) is 13.2 Å². The largest absolute Gasteiger partial charge is 0.497 e. The lowest BCUT2D eigenvalue weighted by molar-refractivity contribution is -0.137. The van der Waals surface area contributed by atoms with Crippen LogP contribution < -0.4 is 14.2 Å². The summed E-state index contributed by atoms with van der Waals surface area (Å²) < 4.78 is 57.2. The quantitative estimate of drug-likeness (QED) is 0.406. The molecule has 3 aromatic carbocycles. The second kappa shape index (κ2) is 10.0. The molecule has 3 aromatic rings. The molecule has 1 heterocycles. The Hall–Kier alpha value is -3.74. The first-order valence-corrected chi connectivity index (χ1v) is 10.7. The average molecular weight is 467 g/mol. The van der Waals surface area contributed by atoms with E-state index in [-0.39, 0.29) is 11.3 Å². The second-order valence-electron chi connectivity index (χ2n) is 7.74. The highest BCUT2D eigenvalue weighted by Crippen LogP contribution is 2.36. The zero-order valence-corrected chi connectivity index (χ0v) is 18.9. The van der Waals surface area contributed by atoms with Crippen LogP contribution in [-0.2, 0) is 19.2 Å². The molecule has 0 radical (unpaired) electrons. The van der Waals surface area contributed by atoms with Crippen LogP contribution in [0.2, 0.25) is 0 Å². The Morgan fingerprint density at radius 2 is 1.71 bits per heavy atom. The summed E-state index contributed by atoms with van der Waals surface area (Å²) in [6.45, 7) is 0.931. The summed E-state index contributed by atoms with van der Waals surface area (Å²) in [5.41, 5.74) is 2.73. The van der Waals surface area contributed by atoms with Crippen LogP contribution in [0.5, 0.6) is 17.2 Å². The molecule has 0 saturated carbocycles. The molecule has 0 aliphatic carbocycles. The minimum Gasteiger partial charge on any atom is -0.497 e. The highest BCUT2D eigenvalue weighted by atomic mass is 19.4. The van der Waals surface area contributed by atoms with Crippen molar-refractivity contribution < 1.29 is 27.4 Å². The molecule has 0 N–H and O–H groups in total. The summed E-state index contributed by atoms with van der Waals surface area (Å²) in [6.07, 6.45) is -0.759. The van der Waals surface area contributed by atoms with Gasteiger partial charge < -0.3 is 14.2 Å².